The standard InChI is InChI=1S/C18H17FN2O7S/c19-17-5-4-15(29(25,26)20-6-8-27-9-7-20)11-16(17)18(22)28-12-13-2-1-3-14(10-13)21(23)24/h1-5,10-11H,6-9,12H2. The molecule has 1 aliphatic rings. The minimum atomic E-state index is -3.91. The number of carbonyl (C=O) groups is 1. The Morgan fingerprint density at radius 1 is 1.21 bits per heavy atom. The van der Waals surface area contributed by atoms with Gasteiger partial charge >= 0.3 is 5.97 Å². The highest BCUT2D eigenvalue weighted by atomic mass is 32.2. The Hall–Kier alpha value is -2.89. The van der Waals surface area contributed by atoms with Crippen LogP contribution >= 0.6 is 0 Å². The minimum absolute atomic E-state index is 0.159. The van der Waals surface area contributed by atoms with Crippen LogP contribution < -0.4 is 0 Å². The van der Waals surface area contributed by atoms with Crippen LogP contribution in [0.25, 0.3) is 0 Å². The van der Waals surface area contributed by atoms with Crippen molar-refractivity contribution >= 4 is 21.7 Å². The van der Waals surface area contributed by atoms with Gasteiger partial charge in [0.1, 0.15) is 12.4 Å². The molecular formula is C18H17FN2O7S. The third-order valence-electron chi connectivity index (χ3n) is 4.26. The second-order valence-corrected chi connectivity index (χ2v) is 8.10. The molecule has 1 aliphatic heterocycles. The van der Waals surface area contributed by atoms with E-state index in [9.17, 15) is 27.7 Å². The second-order valence-electron chi connectivity index (χ2n) is 6.16. The monoisotopic (exact) mass is 424 g/mol. The molecule has 1 saturated heterocycles. The normalized spacial score (nSPS) is 15.1. The summed E-state index contributed by atoms with van der Waals surface area (Å²) in [5.41, 5.74) is -0.377. The quantitative estimate of drug-likeness (QED) is 0.396. The fourth-order valence-corrected chi connectivity index (χ4v) is 4.18. The van der Waals surface area contributed by atoms with E-state index in [0.29, 0.717) is 5.56 Å². The number of halogens is 1. The van der Waals surface area contributed by atoms with E-state index in [1.54, 1.807) is 0 Å². The van der Waals surface area contributed by atoms with Gasteiger partial charge in [-0.2, -0.15) is 4.31 Å². The number of rotatable bonds is 6. The van der Waals surface area contributed by atoms with Crippen LogP contribution in [-0.4, -0.2) is 49.9 Å². The third-order valence-corrected chi connectivity index (χ3v) is 6.15. The zero-order chi connectivity index (χ0) is 21.0. The first-order chi connectivity index (χ1) is 13.8. The molecule has 0 aromatic heterocycles. The predicted octanol–water partition coefficient (Wildman–Crippen LogP) is 2.11. The lowest BCUT2D eigenvalue weighted by Crippen LogP contribution is -2.40. The lowest BCUT2D eigenvalue weighted by Gasteiger charge is -2.26. The molecule has 2 aromatic rings. The molecule has 0 atom stereocenters. The first-order valence-corrected chi connectivity index (χ1v) is 10.0. The molecule has 3 rings (SSSR count). The Kier molecular flexibility index (Phi) is 6.20. The molecule has 0 unspecified atom stereocenters. The Morgan fingerprint density at radius 3 is 2.62 bits per heavy atom. The van der Waals surface area contributed by atoms with Crippen LogP contribution in [0.5, 0.6) is 0 Å². The smallest absolute Gasteiger partial charge is 0.341 e. The number of sulfonamides is 1. The van der Waals surface area contributed by atoms with Gasteiger partial charge in [-0.25, -0.2) is 17.6 Å². The molecule has 9 nitrogen and oxygen atoms in total. The number of morpholine rings is 1. The number of hydrogen-bond acceptors (Lipinski definition) is 7. The molecule has 1 heterocycles. The van der Waals surface area contributed by atoms with Gasteiger partial charge in [0.25, 0.3) is 5.69 Å². The first kappa shape index (κ1) is 20.8. The maximum atomic E-state index is 14.1. The van der Waals surface area contributed by atoms with E-state index in [2.05, 4.69) is 0 Å². The van der Waals surface area contributed by atoms with Crippen molar-refractivity contribution in [3.63, 3.8) is 0 Å². The van der Waals surface area contributed by atoms with E-state index < -0.39 is 32.3 Å². The van der Waals surface area contributed by atoms with Gasteiger partial charge in [0.2, 0.25) is 10.0 Å². The molecule has 29 heavy (non-hydrogen) atoms. The Bertz CT molecular complexity index is 1040. The van der Waals surface area contributed by atoms with Crippen molar-refractivity contribution in [2.75, 3.05) is 26.3 Å². The van der Waals surface area contributed by atoms with Crippen molar-refractivity contribution < 1.29 is 32.0 Å². The molecule has 154 valence electrons. The molecule has 11 heteroatoms. The first-order valence-electron chi connectivity index (χ1n) is 8.57. The molecule has 0 bridgehead atoms. The summed E-state index contributed by atoms with van der Waals surface area (Å²) in [6, 6.07) is 8.34. The number of non-ortho nitro benzene ring substituents is 1. The Balaban J connectivity index is 1.78. The van der Waals surface area contributed by atoms with E-state index >= 15 is 0 Å². The minimum Gasteiger partial charge on any atom is -0.457 e. The van der Waals surface area contributed by atoms with Crippen LogP contribution in [-0.2, 0) is 26.1 Å². The fraction of sp³-hybridized carbons (Fsp3) is 0.278. The maximum Gasteiger partial charge on any atom is 0.341 e. The zero-order valence-electron chi connectivity index (χ0n) is 15.1. The fourth-order valence-electron chi connectivity index (χ4n) is 2.74. The Morgan fingerprint density at radius 2 is 1.93 bits per heavy atom. The van der Waals surface area contributed by atoms with Gasteiger partial charge in [-0.05, 0) is 23.8 Å². The zero-order valence-corrected chi connectivity index (χ0v) is 15.9. The van der Waals surface area contributed by atoms with Crippen molar-refractivity contribution in [2.24, 2.45) is 0 Å². The number of carbonyl (C=O) groups excluding carboxylic acids is 1. The number of esters is 1. The van der Waals surface area contributed by atoms with Crippen molar-refractivity contribution in [3.8, 4) is 0 Å². The van der Waals surface area contributed by atoms with Crippen LogP contribution in [0.4, 0.5) is 10.1 Å². The Labute approximate surface area is 165 Å². The summed E-state index contributed by atoms with van der Waals surface area (Å²) in [4.78, 5) is 22.3. The molecule has 0 amide bonds. The summed E-state index contributed by atoms with van der Waals surface area (Å²) in [6.45, 7) is 0.482. The highest BCUT2D eigenvalue weighted by Crippen LogP contribution is 2.21. The lowest BCUT2D eigenvalue weighted by atomic mass is 10.2. The highest BCUT2D eigenvalue weighted by molar-refractivity contribution is 7.89. The summed E-state index contributed by atoms with van der Waals surface area (Å²) < 4.78 is 50.8. The summed E-state index contributed by atoms with van der Waals surface area (Å²) in [5, 5.41) is 10.8. The van der Waals surface area contributed by atoms with Crippen LogP contribution in [0, 0.1) is 15.9 Å². The van der Waals surface area contributed by atoms with Gasteiger partial charge in [-0.15, -0.1) is 0 Å². The summed E-state index contributed by atoms with van der Waals surface area (Å²) >= 11 is 0. The molecule has 0 aliphatic carbocycles. The number of nitrogens with zero attached hydrogens (tertiary/aromatic N) is 2. The van der Waals surface area contributed by atoms with E-state index in [1.165, 1.54) is 28.6 Å². The van der Waals surface area contributed by atoms with Gasteiger partial charge in [-0.3, -0.25) is 10.1 Å². The average Bonchev–Trinajstić information content (AvgIpc) is 2.73. The van der Waals surface area contributed by atoms with Crippen LogP contribution in [0.2, 0.25) is 0 Å². The van der Waals surface area contributed by atoms with Crippen LogP contribution in [0.3, 0.4) is 0 Å². The lowest BCUT2D eigenvalue weighted by molar-refractivity contribution is -0.384. The van der Waals surface area contributed by atoms with Crippen LogP contribution in [0.1, 0.15) is 15.9 Å². The van der Waals surface area contributed by atoms with Gasteiger partial charge in [0.15, 0.2) is 0 Å². The summed E-state index contributed by atoms with van der Waals surface area (Å²) in [5.74, 6) is -2.01. The SMILES string of the molecule is O=C(OCc1cccc([N+](=O)[O-])c1)c1cc(S(=O)(=O)N2CCOCC2)ccc1F. The topological polar surface area (TPSA) is 116 Å². The number of nitro groups is 1. The van der Waals surface area contributed by atoms with Gasteiger partial charge < -0.3 is 9.47 Å². The highest BCUT2D eigenvalue weighted by Gasteiger charge is 2.28. The van der Waals surface area contributed by atoms with Gasteiger partial charge in [-0.1, -0.05) is 12.1 Å². The third kappa shape index (κ3) is 4.75. The van der Waals surface area contributed by atoms with Gasteiger partial charge in [0, 0.05) is 25.2 Å². The summed E-state index contributed by atoms with van der Waals surface area (Å²) in [6.07, 6.45) is 0. The van der Waals surface area contributed by atoms with E-state index in [-0.39, 0.29) is 43.5 Å². The molecule has 0 radical (unpaired) electrons. The molecular weight excluding hydrogens is 407 g/mol. The molecule has 0 N–H and O–H groups in total. The van der Waals surface area contributed by atoms with Crippen molar-refractivity contribution in [1.82, 2.24) is 4.31 Å². The average molecular weight is 424 g/mol. The van der Waals surface area contributed by atoms with Crippen molar-refractivity contribution in [2.45, 2.75) is 11.5 Å². The van der Waals surface area contributed by atoms with E-state index in [1.807, 2.05) is 0 Å². The second kappa shape index (κ2) is 8.64. The summed E-state index contributed by atoms with van der Waals surface area (Å²) in [7, 11) is -3.91. The number of nitro benzene ring substituents is 1. The van der Waals surface area contributed by atoms with Gasteiger partial charge in [0.05, 0.1) is 28.6 Å². The van der Waals surface area contributed by atoms with E-state index in [0.717, 1.165) is 18.2 Å². The maximum absolute atomic E-state index is 14.1. The number of hydrogen-bond donors (Lipinski definition) is 0. The number of ether oxygens (including phenoxy) is 2. The molecule has 1 fully saturated rings. The molecule has 0 saturated carbocycles. The molecule has 2 aromatic carbocycles. The van der Waals surface area contributed by atoms with E-state index in [4.69, 9.17) is 9.47 Å². The predicted molar refractivity (Wildman–Crippen MR) is 98.2 cm³/mol. The molecule has 0 spiro atoms. The van der Waals surface area contributed by atoms with Crippen molar-refractivity contribution in [3.05, 3.63) is 69.5 Å². The largest absolute Gasteiger partial charge is 0.457 e. The van der Waals surface area contributed by atoms with Crippen molar-refractivity contribution in [1.29, 1.82) is 0 Å². The number of benzene rings is 2. The van der Waals surface area contributed by atoms with Crippen LogP contribution in [0.15, 0.2) is 47.4 Å².